The highest BCUT2D eigenvalue weighted by molar-refractivity contribution is 9.10. The number of aliphatic imine (C=N–C) groups is 1. The second-order valence-corrected chi connectivity index (χ2v) is 19.8. The van der Waals surface area contributed by atoms with E-state index in [9.17, 15) is 15.0 Å². The lowest BCUT2D eigenvalue weighted by Crippen LogP contribution is -2.56. The number of carbonyl (C=O) groups is 1. The SMILES string of the molecule is C[C@@H]1[C@](CO)(CCO)SC(N(COCC[Si](C)(C)C)C(=O)OC(C)(C)C)=N[C@]1(CF)c1cc(Br)ccc1F. The predicted octanol–water partition coefficient (Wildman–Crippen LogP) is 6.15. The van der Waals surface area contributed by atoms with Crippen LogP contribution in [0.2, 0.25) is 25.7 Å². The molecule has 2 rings (SSSR count). The van der Waals surface area contributed by atoms with E-state index in [1.807, 2.05) is 0 Å². The van der Waals surface area contributed by atoms with Crippen molar-refractivity contribution in [3.05, 3.63) is 34.1 Å². The Morgan fingerprint density at radius 3 is 2.47 bits per heavy atom. The zero-order valence-corrected chi connectivity index (χ0v) is 26.7. The smallest absolute Gasteiger partial charge is 0.418 e. The summed E-state index contributed by atoms with van der Waals surface area (Å²) in [6.07, 6.45) is -0.700. The maximum atomic E-state index is 15.3. The van der Waals surface area contributed by atoms with Crippen LogP contribution in [0, 0.1) is 11.7 Å². The van der Waals surface area contributed by atoms with E-state index in [2.05, 4.69) is 35.6 Å². The highest BCUT2D eigenvalue weighted by Gasteiger charge is 2.56. The molecule has 0 aromatic heterocycles. The number of amides is 1. The van der Waals surface area contributed by atoms with E-state index in [4.69, 9.17) is 14.5 Å². The van der Waals surface area contributed by atoms with Crippen molar-refractivity contribution in [1.82, 2.24) is 4.90 Å². The van der Waals surface area contributed by atoms with Crippen LogP contribution in [0.3, 0.4) is 0 Å². The van der Waals surface area contributed by atoms with Gasteiger partial charge in [0.1, 0.15) is 30.4 Å². The molecule has 38 heavy (non-hydrogen) atoms. The third kappa shape index (κ3) is 8.00. The summed E-state index contributed by atoms with van der Waals surface area (Å²) >= 11 is 4.39. The van der Waals surface area contributed by atoms with Gasteiger partial charge in [0.15, 0.2) is 5.17 Å². The summed E-state index contributed by atoms with van der Waals surface area (Å²) in [6, 6.07) is 5.04. The number of aliphatic hydroxyl groups is 2. The number of amidine groups is 1. The van der Waals surface area contributed by atoms with Crippen LogP contribution in [0.1, 0.15) is 39.7 Å². The molecule has 12 heteroatoms. The zero-order valence-electron chi connectivity index (χ0n) is 23.3. The van der Waals surface area contributed by atoms with Crippen LogP contribution >= 0.6 is 27.7 Å². The molecule has 0 saturated carbocycles. The maximum Gasteiger partial charge on any atom is 0.418 e. The second-order valence-electron chi connectivity index (χ2n) is 11.9. The van der Waals surface area contributed by atoms with Gasteiger partial charge in [0.25, 0.3) is 0 Å². The molecule has 0 aliphatic carbocycles. The van der Waals surface area contributed by atoms with Crippen LogP contribution in [0.15, 0.2) is 27.7 Å². The van der Waals surface area contributed by atoms with Gasteiger partial charge in [0, 0.05) is 37.2 Å². The van der Waals surface area contributed by atoms with Crippen LogP contribution in [0.5, 0.6) is 0 Å². The average molecular weight is 640 g/mol. The van der Waals surface area contributed by atoms with Gasteiger partial charge in [-0.3, -0.25) is 0 Å². The standard InChI is InChI=1S/C26H41BrF2N2O5SSi/c1-18-25(16-33,10-11-32)37-22(30-26(18,15-28)20-14-19(27)8-9-21(20)29)31(23(34)36-24(2,3)4)17-35-12-13-38(5,6)7/h8-9,14,18,32-33H,10-13,15-17H2,1-7H3/t18-,25-,26+/m1/s1. The van der Waals surface area contributed by atoms with Crippen LogP contribution < -0.4 is 0 Å². The summed E-state index contributed by atoms with van der Waals surface area (Å²) < 4.78 is 41.4. The first-order valence-electron chi connectivity index (χ1n) is 12.6. The van der Waals surface area contributed by atoms with Gasteiger partial charge in [0.2, 0.25) is 0 Å². The first-order valence-corrected chi connectivity index (χ1v) is 18.0. The lowest BCUT2D eigenvalue weighted by atomic mass is 9.72. The number of aliphatic hydroxyl groups excluding tert-OH is 2. The van der Waals surface area contributed by atoms with Gasteiger partial charge in [-0.1, -0.05) is 54.3 Å². The molecule has 1 aliphatic rings. The Balaban J connectivity index is 2.71. The molecule has 7 nitrogen and oxygen atoms in total. The van der Waals surface area contributed by atoms with Crippen LogP contribution in [0.25, 0.3) is 0 Å². The number of benzene rings is 1. The summed E-state index contributed by atoms with van der Waals surface area (Å²) in [5.74, 6) is -1.43. The van der Waals surface area contributed by atoms with E-state index in [1.165, 1.54) is 23.1 Å². The molecule has 216 valence electrons. The van der Waals surface area contributed by atoms with Crippen molar-refractivity contribution in [2.24, 2.45) is 10.9 Å². The first kappa shape index (κ1) is 33.2. The predicted molar refractivity (Wildman–Crippen MR) is 155 cm³/mol. The lowest BCUT2D eigenvalue weighted by Gasteiger charge is -2.50. The van der Waals surface area contributed by atoms with Gasteiger partial charge in [0.05, 0.1) is 11.4 Å². The first-order chi connectivity index (χ1) is 17.5. The molecule has 0 saturated heterocycles. The Morgan fingerprint density at radius 2 is 1.95 bits per heavy atom. The van der Waals surface area contributed by atoms with Gasteiger partial charge in [-0.15, -0.1) is 0 Å². The Kier molecular flexibility index (Phi) is 11.4. The fourth-order valence-electron chi connectivity index (χ4n) is 4.19. The number of hydrogen-bond donors (Lipinski definition) is 2. The molecule has 1 heterocycles. The summed E-state index contributed by atoms with van der Waals surface area (Å²) in [4.78, 5) is 19.3. The number of thioether (sulfide) groups is 1. The molecule has 1 aromatic carbocycles. The molecule has 1 amide bonds. The Hall–Kier alpha value is -1.05. The molecule has 2 N–H and O–H groups in total. The Labute approximate surface area is 238 Å². The lowest BCUT2D eigenvalue weighted by molar-refractivity contribution is 0.0103. The van der Waals surface area contributed by atoms with Gasteiger partial charge < -0.3 is 19.7 Å². The zero-order chi connectivity index (χ0) is 28.9. The highest BCUT2D eigenvalue weighted by atomic mass is 79.9. The largest absolute Gasteiger partial charge is 0.443 e. The second kappa shape index (κ2) is 13.1. The minimum Gasteiger partial charge on any atom is -0.443 e. The summed E-state index contributed by atoms with van der Waals surface area (Å²) in [5.41, 5.74) is -2.64. The normalized spacial score (nSPS) is 24.2. The van der Waals surface area contributed by atoms with E-state index in [1.54, 1.807) is 27.7 Å². The number of nitrogens with zero attached hydrogens (tertiary/aromatic N) is 2. The third-order valence-corrected chi connectivity index (χ3v) is 10.3. The fraction of sp³-hybridized carbons (Fsp3) is 0.692. The van der Waals surface area contributed by atoms with E-state index < -0.39 is 55.1 Å². The molecule has 0 bridgehead atoms. The molecule has 0 spiro atoms. The van der Waals surface area contributed by atoms with E-state index in [0.717, 1.165) is 17.8 Å². The topological polar surface area (TPSA) is 91.6 Å². The molecule has 1 aromatic rings. The van der Waals surface area contributed by atoms with Crippen molar-refractivity contribution in [1.29, 1.82) is 0 Å². The minimum absolute atomic E-state index is 0.0146. The minimum atomic E-state index is -1.79. The number of rotatable bonds is 10. The third-order valence-electron chi connectivity index (χ3n) is 6.56. The van der Waals surface area contributed by atoms with Crippen LogP contribution in [-0.2, 0) is 15.0 Å². The van der Waals surface area contributed by atoms with Gasteiger partial charge in [-0.25, -0.2) is 23.5 Å². The molecule has 0 unspecified atom stereocenters. The number of hydrogen-bond acceptors (Lipinski definition) is 7. The van der Waals surface area contributed by atoms with E-state index in [0.29, 0.717) is 11.1 Å². The van der Waals surface area contributed by atoms with Crippen molar-refractivity contribution < 1.29 is 33.3 Å². The number of halogens is 3. The molecular weight excluding hydrogens is 598 g/mol. The Morgan fingerprint density at radius 1 is 1.29 bits per heavy atom. The quantitative estimate of drug-likeness (QED) is 0.181. The van der Waals surface area contributed by atoms with Crippen LogP contribution in [-0.4, -0.2) is 78.0 Å². The van der Waals surface area contributed by atoms with Gasteiger partial charge >= 0.3 is 6.09 Å². The summed E-state index contributed by atoms with van der Waals surface area (Å²) in [6.45, 7) is 11.8. The number of carbonyl (C=O) groups excluding carboxylic acids is 1. The highest BCUT2D eigenvalue weighted by Crippen LogP contribution is 2.53. The summed E-state index contributed by atoms with van der Waals surface area (Å²) in [7, 11) is -1.42. The fourth-order valence-corrected chi connectivity index (χ4v) is 6.75. The van der Waals surface area contributed by atoms with Crippen molar-refractivity contribution in [3.8, 4) is 0 Å². The van der Waals surface area contributed by atoms with Crippen molar-refractivity contribution in [2.75, 3.05) is 33.2 Å². The van der Waals surface area contributed by atoms with Crippen molar-refractivity contribution in [3.63, 3.8) is 0 Å². The monoisotopic (exact) mass is 638 g/mol. The van der Waals surface area contributed by atoms with Gasteiger partial charge in [-0.05, 0) is 51.4 Å². The van der Waals surface area contributed by atoms with E-state index >= 15 is 8.78 Å². The molecule has 1 aliphatic heterocycles. The number of ether oxygens (including phenoxy) is 2. The average Bonchev–Trinajstić information content (AvgIpc) is 2.80. The molecule has 3 atom stereocenters. The Bertz CT molecular complexity index is 1010. The van der Waals surface area contributed by atoms with Crippen molar-refractivity contribution in [2.45, 2.75) is 75.7 Å². The van der Waals surface area contributed by atoms with Crippen molar-refractivity contribution >= 4 is 47.0 Å². The molecule has 0 radical (unpaired) electrons. The summed E-state index contributed by atoms with van der Waals surface area (Å²) in [5, 5.41) is 20.5. The molecule has 0 fully saturated rings. The maximum absolute atomic E-state index is 15.3. The van der Waals surface area contributed by atoms with Crippen LogP contribution in [0.4, 0.5) is 13.6 Å². The number of alkyl halides is 1. The van der Waals surface area contributed by atoms with E-state index in [-0.39, 0.29) is 30.5 Å². The molecular formula is C26H41BrF2N2O5SSi. The van der Waals surface area contributed by atoms with Gasteiger partial charge in [-0.2, -0.15) is 0 Å².